The number of nitrogens with zero attached hydrogens (tertiary/aromatic N) is 3. The molecule has 0 aromatic heterocycles. The van der Waals surface area contributed by atoms with Gasteiger partial charge in [-0.15, -0.1) is 4.39 Å². The van der Waals surface area contributed by atoms with Crippen LogP contribution in [0.2, 0.25) is 0 Å². The van der Waals surface area contributed by atoms with Gasteiger partial charge >= 0.3 is 12.2 Å². The van der Waals surface area contributed by atoms with Crippen LogP contribution in [0.25, 0.3) is 0 Å². The quantitative estimate of drug-likeness (QED) is 0.237. The molecule has 0 bridgehead atoms. The lowest BCUT2D eigenvalue weighted by atomic mass is 10.8. The average Bonchev–Trinajstić information content (AvgIpc) is 2.00. The summed E-state index contributed by atoms with van der Waals surface area (Å²) in [5, 5.41) is -8.66. The summed E-state index contributed by atoms with van der Waals surface area (Å²) in [5.41, 5.74) is 0. The van der Waals surface area contributed by atoms with Gasteiger partial charge in [-0.2, -0.15) is 4.39 Å². The molecule has 4 nitrogen and oxygen atoms in total. The first-order valence-corrected chi connectivity index (χ1v) is 2.32. The fourth-order valence-corrected chi connectivity index (χ4v) is 0.302. The summed E-state index contributed by atoms with van der Waals surface area (Å²) >= 11 is 0. The molecule has 13 heavy (non-hydrogen) atoms. The molecule has 0 aromatic carbocycles. The molecule has 0 saturated heterocycles. The van der Waals surface area contributed by atoms with Gasteiger partial charge in [-0.1, -0.05) is 27.5 Å². The molecule has 0 radical (unpaired) electrons. The lowest BCUT2D eigenvalue weighted by molar-refractivity contribution is -0.477. The summed E-state index contributed by atoms with van der Waals surface area (Å²) in [6.07, 6.45) is -3.44. The molecule has 0 spiro atoms. The van der Waals surface area contributed by atoms with Crippen molar-refractivity contribution in [3.05, 3.63) is 0 Å². The normalized spacial score (nSPS) is 12.4. The number of amides is 1. The maximum Gasteiger partial charge on any atom is 0.440 e. The Kier molecular flexibility index (Phi) is 3.42. The van der Waals surface area contributed by atoms with Crippen molar-refractivity contribution < 1.29 is 36.0 Å². The van der Waals surface area contributed by atoms with Gasteiger partial charge in [0, 0.05) is 0 Å². The Morgan fingerprint density at radius 2 is 1.31 bits per heavy atom. The second-order valence-electron chi connectivity index (χ2n) is 1.55. The molecule has 0 aliphatic heterocycles. The second kappa shape index (κ2) is 3.74. The van der Waals surface area contributed by atoms with Crippen LogP contribution in [0.1, 0.15) is 0 Å². The molecule has 0 saturated carbocycles. The molecule has 0 aromatic rings. The molecule has 0 N–H and O–H groups in total. The highest BCUT2D eigenvalue weighted by atomic mass is 19.4. The van der Waals surface area contributed by atoms with Crippen LogP contribution in [0.4, 0.5) is 36.0 Å². The zero-order valence-corrected chi connectivity index (χ0v) is 5.40. The van der Waals surface area contributed by atoms with Crippen LogP contribution in [-0.4, -0.2) is 28.0 Å². The van der Waals surface area contributed by atoms with E-state index in [0.29, 0.717) is 0 Å². The van der Waals surface area contributed by atoms with Gasteiger partial charge in [0.25, 0.3) is 0 Å². The van der Waals surface area contributed by atoms with Crippen molar-refractivity contribution in [3.8, 4) is 0 Å². The number of carbonyl (C=O) groups excluding carboxylic acids is 1. The largest absolute Gasteiger partial charge is 0.440 e. The highest BCUT2D eigenvalue weighted by Crippen LogP contribution is 2.30. The van der Waals surface area contributed by atoms with Gasteiger partial charge in [-0.25, -0.2) is 4.79 Å². The first-order valence-electron chi connectivity index (χ1n) is 2.32. The minimum absolute atomic E-state index is 2.62. The van der Waals surface area contributed by atoms with Crippen LogP contribution >= 0.6 is 0 Å². The molecule has 1 amide bonds. The van der Waals surface area contributed by atoms with Crippen LogP contribution in [0, 0.1) is 0 Å². The van der Waals surface area contributed by atoms with E-state index < -0.39 is 28.0 Å². The van der Waals surface area contributed by atoms with Crippen molar-refractivity contribution in [2.75, 3.05) is 0 Å². The summed E-state index contributed by atoms with van der Waals surface area (Å²) in [4.78, 5) is 9.32. The van der Waals surface area contributed by atoms with Crippen LogP contribution in [0.3, 0.4) is 0 Å². The number of carbonyl (C=O) groups is 1. The van der Waals surface area contributed by atoms with Gasteiger partial charge in [-0.3, -0.25) is 0 Å². The number of hydrogen-bond donors (Lipinski definition) is 0. The predicted molar refractivity (Wildman–Crippen MR) is 21.4 cm³/mol. The molecule has 0 aliphatic rings. The van der Waals surface area contributed by atoms with E-state index in [9.17, 15) is 36.0 Å². The number of alkyl halides is 1. The summed E-state index contributed by atoms with van der Waals surface area (Å²) in [7, 11) is 0. The molecule has 0 rings (SSSR count). The van der Waals surface area contributed by atoms with Crippen LogP contribution in [-0.2, 0) is 0 Å². The van der Waals surface area contributed by atoms with Gasteiger partial charge < -0.3 is 0 Å². The molecule has 0 heterocycles. The van der Waals surface area contributed by atoms with Gasteiger partial charge in [-0.05, 0) is 0 Å². The maximum absolute atomic E-state index is 12.1. The van der Waals surface area contributed by atoms with Crippen LogP contribution < -0.4 is 0 Å². The Morgan fingerprint density at radius 3 is 1.38 bits per heavy atom. The number of hydrogen-bond acceptors (Lipinski definition) is 3. The van der Waals surface area contributed by atoms with Crippen molar-refractivity contribution in [1.29, 1.82) is 0 Å². The zero-order valence-electron chi connectivity index (χ0n) is 5.40. The third-order valence-electron chi connectivity index (χ3n) is 0.834. The molecule has 78 valence electrons. The Labute approximate surface area is 65.4 Å². The summed E-state index contributed by atoms with van der Waals surface area (Å²) in [6, 6.07) is -5.58. The van der Waals surface area contributed by atoms with E-state index in [1.807, 2.05) is 0 Å². The molecular weight excluding hydrogens is 215 g/mol. The lowest BCUT2D eigenvalue weighted by Crippen LogP contribution is -2.56. The smallest absolute Gasteiger partial charge is 0.231 e. The van der Waals surface area contributed by atoms with Crippen LogP contribution in [0.15, 0.2) is 0 Å². The Balaban J connectivity index is 4.90. The van der Waals surface area contributed by atoms with Gasteiger partial charge in [0.1, 0.15) is 10.7 Å². The monoisotopic (exact) mass is 215 g/mol. The number of rotatable bonds is 3. The van der Waals surface area contributed by atoms with E-state index in [4.69, 9.17) is 0 Å². The minimum atomic E-state index is -5.58. The van der Waals surface area contributed by atoms with E-state index in [1.54, 1.807) is 0 Å². The third kappa shape index (κ3) is 1.98. The fourth-order valence-electron chi connectivity index (χ4n) is 0.302. The summed E-state index contributed by atoms with van der Waals surface area (Å²) < 4.78 is 80.3. The van der Waals surface area contributed by atoms with E-state index in [1.165, 1.54) is 0 Å². The Hall–Kier alpha value is -1.10. The van der Waals surface area contributed by atoms with Gasteiger partial charge in [0.2, 0.25) is 0 Å². The van der Waals surface area contributed by atoms with Crippen molar-refractivity contribution in [3.63, 3.8) is 0 Å². The molecule has 0 unspecified atom stereocenters. The van der Waals surface area contributed by atoms with E-state index >= 15 is 0 Å². The van der Waals surface area contributed by atoms with Gasteiger partial charge in [0.15, 0.2) is 0 Å². The van der Waals surface area contributed by atoms with Crippen molar-refractivity contribution in [1.82, 2.24) is 15.8 Å². The first kappa shape index (κ1) is 11.9. The standard InChI is InChI=1S/C2F7N3O/c3-1(13)10(5)2(4,11(6)7)12(8)9. The maximum atomic E-state index is 12.1. The Bertz CT molecular complexity index is 188. The number of halogens is 7. The lowest BCUT2D eigenvalue weighted by Gasteiger charge is -2.26. The topological polar surface area (TPSA) is 26.8 Å². The molecule has 11 heteroatoms. The molecule has 0 fully saturated rings. The van der Waals surface area contributed by atoms with E-state index in [2.05, 4.69) is 0 Å². The summed E-state index contributed by atoms with van der Waals surface area (Å²) in [5.74, 6) is 0. The zero-order chi connectivity index (χ0) is 10.8. The molecular formula is C2F7N3O. The second-order valence-corrected chi connectivity index (χ2v) is 1.55. The Morgan fingerprint density at radius 1 is 1.00 bits per heavy atom. The fraction of sp³-hybridized carbons (Fsp3) is 0.500. The predicted octanol–water partition coefficient (Wildman–Crippen LogP) is 1.99. The SMILES string of the molecule is O=C(F)N(F)C(F)(N(F)F)N(F)F. The summed E-state index contributed by atoms with van der Waals surface area (Å²) in [6.45, 7) is 0. The van der Waals surface area contributed by atoms with Crippen molar-refractivity contribution in [2.24, 2.45) is 0 Å². The molecule has 0 atom stereocenters. The van der Waals surface area contributed by atoms with Crippen LogP contribution in [0.5, 0.6) is 0 Å². The third-order valence-corrected chi connectivity index (χ3v) is 0.834. The first-order chi connectivity index (χ1) is 5.74. The van der Waals surface area contributed by atoms with E-state index in [-0.39, 0.29) is 0 Å². The highest BCUT2D eigenvalue weighted by Gasteiger charge is 2.58. The minimum Gasteiger partial charge on any atom is -0.231 e. The van der Waals surface area contributed by atoms with Crippen molar-refractivity contribution >= 4 is 6.16 Å². The highest BCUT2D eigenvalue weighted by molar-refractivity contribution is 5.65. The van der Waals surface area contributed by atoms with Crippen molar-refractivity contribution in [2.45, 2.75) is 6.04 Å². The van der Waals surface area contributed by atoms with E-state index in [0.717, 1.165) is 0 Å². The van der Waals surface area contributed by atoms with Gasteiger partial charge in [0.05, 0.1) is 0 Å². The molecule has 0 aliphatic carbocycles. The average molecular weight is 215 g/mol.